The Bertz CT molecular complexity index is 611. The lowest BCUT2D eigenvalue weighted by Gasteiger charge is -2.22. The highest BCUT2D eigenvalue weighted by molar-refractivity contribution is 6.06. The highest BCUT2D eigenvalue weighted by Gasteiger charge is 2.21. The molecule has 1 fully saturated rings. The van der Waals surface area contributed by atoms with Crippen LogP contribution in [0.4, 0.5) is 0 Å². The van der Waals surface area contributed by atoms with Crippen molar-refractivity contribution >= 4 is 5.78 Å². The smallest absolute Gasteiger partial charge is 0.232 e. The fourth-order valence-corrected chi connectivity index (χ4v) is 2.68. The lowest BCUT2D eigenvalue weighted by molar-refractivity contribution is 0.102. The molecule has 0 aromatic carbocycles. The summed E-state index contributed by atoms with van der Waals surface area (Å²) < 4.78 is 3.56. The number of nitrogens with zero attached hydrogens (tertiary/aromatic N) is 5. The number of rotatable bonds is 5. The van der Waals surface area contributed by atoms with Gasteiger partial charge in [0.05, 0.1) is 12.2 Å². The van der Waals surface area contributed by atoms with Gasteiger partial charge in [0.15, 0.2) is 5.69 Å². The molecule has 0 radical (unpaired) electrons. The van der Waals surface area contributed by atoms with Gasteiger partial charge in [0.2, 0.25) is 5.78 Å². The molecule has 1 aliphatic heterocycles. The van der Waals surface area contributed by atoms with Gasteiger partial charge in [-0.05, 0) is 38.4 Å². The standard InChI is InChI=1S/C14H20N6O/c1-2-9-19-13(5-8-16-19)14(21)12-10-20(18-17-12)11-3-6-15-7-4-11/h5,8,10-11,15H,2-4,6-7,9H2,1H3. The summed E-state index contributed by atoms with van der Waals surface area (Å²) in [4.78, 5) is 12.5. The van der Waals surface area contributed by atoms with Crippen LogP contribution in [0, 0.1) is 0 Å². The van der Waals surface area contributed by atoms with Crippen LogP contribution in [0.2, 0.25) is 0 Å². The summed E-state index contributed by atoms with van der Waals surface area (Å²) in [7, 11) is 0. The molecule has 3 heterocycles. The normalized spacial score (nSPS) is 16.2. The van der Waals surface area contributed by atoms with E-state index in [1.165, 1.54) is 0 Å². The van der Waals surface area contributed by atoms with Gasteiger partial charge in [-0.15, -0.1) is 5.10 Å². The molecule has 2 aromatic heterocycles. The van der Waals surface area contributed by atoms with E-state index < -0.39 is 0 Å². The summed E-state index contributed by atoms with van der Waals surface area (Å²) in [5.41, 5.74) is 0.973. The molecular formula is C14H20N6O. The second kappa shape index (κ2) is 6.17. The van der Waals surface area contributed by atoms with Gasteiger partial charge in [-0.25, -0.2) is 4.68 Å². The van der Waals surface area contributed by atoms with Gasteiger partial charge in [0.1, 0.15) is 5.69 Å². The number of nitrogens with one attached hydrogen (secondary N) is 1. The molecule has 7 nitrogen and oxygen atoms in total. The summed E-state index contributed by atoms with van der Waals surface area (Å²) in [6.45, 7) is 4.76. The number of ketones is 1. The molecule has 0 unspecified atom stereocenters. The number of piperidine rings is 1. The molecule has 1 saturated heterocycles. The lowest BCUT2D eigenvalue weighted by atomic mass is 10.1. The molecule has 0 amide bonds. The first kappa shape index (κ1) is 13.9. The Morgan fingerprint density at radius 2 is 2.24 bits per heavy atom. The zero-order chi connectivity index (χ0) is 14.7. The molecule has 1 aliphatic rings. The van der Waals surface area contributed by atoms with Crippen LogP contribution in [0.3, 0.4) is 0 Å². The minimum absolute atomic E-state index is 0.110. The van der Waals surface area contributed by atoms with Crippen molar-refractivity contribution in [3.8, 4) is 0 Å². The zero-order valence-electron chi connectivity index (χ0n) is 12.2. The van der Waals surface area contributed by atoms with Crippen molar-refractivity contribution in [2.45, 2.75) is 38.8 Å². The summed E-state index contributed by atoms with van der Waals surface area (Å²) in [5, 5.41) is 15.7. The topological polar surface area (TPSA) is 77.6 Å². The quantitative estimate of drug-likeness (QED) is 0.832. The molecule has 0 atom stereocenters. The summed E-state index contributed by atoms with van der Waals surface area (Å²) in [5.74, 6) is -0.110. The molecule has 7 heteroatoms. The molecule has 1 N–H and O–H groups in total. The second-order valence-corrected chi connectivity index (χ2v) is 5.33. The summed E-state index contributed by atoms with van der Waals surface area (Å²) in [6, 6.07) is 2.07. The largest absolute Gasteiger partial charge is 0.317 e. The Balaban J connectivity index is 1.78. The van der Waals surface area contributed by atoms with Crippen LogP contribution in [0.25, 0.3) is 0 Å². The maximum absolute atomic E-state index is 12.5. The van der Waals surface area contributed by atoms with Crippen LogP contribution in [-0.2, 0) is 6.54 Å². The van der Waals surface area contributed by atoms with Crippen LogP contribution < -0.4 is 5.32 Å². The van der Waals surface area contributed by atoms with Crippen molar-refractivity contribution in [2.24, 2.45) is 0 Å². The van der Waals surface area contributed by atoms with Crippen molar-refractivity contribution in [3.05, 3.63) is 29.8 Å². The molecule has 21 heavy (non-hydrogen) atoms. The minimum atomic E-state index is -0.110. The van der Waals surface area contributed by atoms with Crippen LogP contribution in [0.1, 0.15) is 48.4 Å². The van der Waals surface area contributed by atoms with Crippen molar-refractivity contribution in [2.75, 3.05) is 13.1 Å². The second-order valence-electron chi connectivity index (χ2n) is 5.33. The Morgan fingerprint density at radius 3 is 3.00 bits per heavy atom. The molecule has 112 valence electrons. The molecule has 2 aromatic rings. The van der Waals surface area contributed by atoms with Crippen molar-refractivity contribution < 1.29 is 4.79 Å². The van der Waals surface area contributed by atoms with Gasteiger partial charge < -0.3 is 5.32 Å². The average molecular weight is 288 g/mol. The molecule has 0 bridgehead atoms. The van der Waals surface area contributed by atoms with Gasteiger partial charge >= 0.3 is 0 Å². The summed E-state index contributed by atoms with van der Waals surface area (Å²) in [6.07, 6.45) is 6.39. The summed E-state index contributed by atoms with van der Waals surface area (Å²) >= 11 is 0. The first-order valence-corrected chi connectivity index (χ1v) is 7.48. The van der Waals surface area contributed by atoms with E-state index in [1.54, 1.807) is 23.1 Å². The zero-order valence-corrected chi connectivity index (χ0v) is 12.2. The van der Waals surface area contributed by atoms with Crippen molar-refractivity contribution in [1.82, 2.24) is 30.1 Å². The third-order valence-corrected chi connectivity index (χ3v) is 3.81. The Kier molecular flexibility index (Phi) is 4.10. The van der Waals surface area contributed by atoms with Gasteiger partial charge in [-0.2, -0.15) is 5.10 Å². The number of hydrogen-bond acceptors (Lipinski definition) is 5. The molecular weight excluding hydrogens is 268 g/mol. The van der Waals surface area contributed by atoms with E-state index in [0.717, 1.165) is 38.9 Å². The minimum Gasteiger partial charge on any atom is -0.317 e. The van der Waals surface area contributed by atoms with E-state index in [-0.39, 0.29) is 5.78 Å². The maximum Gasteiger partial charge on any atom is 0.232 e. The van der Waals surface area contributed by atoms with E-state index in [2.05, 4.69) is 27.7 Å². The van der Waals surface area contributed by atoms with E-state index in [0.29, 0.717) is 17.4 Å². The number of aromatic nitrogens is 5. The number of carbonyl (C=O) groups is 1. The van der Waals surface area contributed by atoms with E-state index in [1.807, 2.05) is 4.68 Å². The Hall–Kier alpha value is -2.02. The molecule has 0 aliphatic carbocycles. The third-order valence-electron chi connectivity index (χ3n) is 3.81. The van der Waals surface area contributed by atoms with Crippen LogP contribution in [0.15, 0.2) is 18.5 Å². The van der Waals surface area contributed by atoms with Crippen LogP contribution >= 0.6 is 0 Å². The SMILES string of the molecule is CCCn1nccc1C(=O)c1cn(C2CCNCC2)nn1. The third kappa shape index (κ3) is 2.87. The van der Waals surface area contributed by atoms with Gasteiger partial charge in [0, 0.05) is 12.7 Å². The van der Waals surface area contributed by atoms with E-state index >= 15 is 0 Å². The highest BCUT2D eigenvalue weighted by atomic mass is 16.1. The van der Waals surface area contributed by atoms with Crippen LogP contribution in [0.5, 0.6) is 0 Å². The first-order valence-electron chi connectivity index (χ1n) is 7.48. The highest BCUT2D eigenvalue weighted by Crippen LogP contribution is 2.18. The Morgan fingerprint density at radius 1 is 1.43 bits per heavy atom. The predicted octanol–water partition coefficient (Wildman–Crippen LogP) is 1.04. The van der Waals surface area contributed by atoms with Gasteiger partial charge in [-0.1, -0.05) is 12.1 Å². The lowest BCUT2D eigenvalue weighted by Crippen LogP contribution is -2.29. The van der Waals surface area contributed by atoms with Gasteiger partial charge in [-0.3, -0.25) is 9.48 Å². The predicted molar refractivity (Wildman–Crippen MR) is 77.1 cm³/mol. The fourth-order valence-electron chi connectivity index (χ4n) is 2.68. The molecule has 3 rings (SSSR count). The Labute approximate surface area is 123 Å². The van der Waals surface area contributed by atoms with E-state index in [9.17, 15) is 4.79 Å². The average Bonchev–Trinajstić information content (AvgIpc) is 3.17. The van der Waals surface area contributed by atoms with Gasteiger partial charge in [0.25, 0.3) is 0 Å². The maximum atomic E-state index is 12.5. The number of hydrogen-bond donors (Lipinski definition) is 1. The monoisotopic (exact) mass is 288 g/mol. The number of carbonyl (C=O) groups excluding carboxylic acids is 1. The molecule has 0 spiro atoms. The van der Waals surface area contributed by atoms with Crippen molar-refractivity contribution in [3.63, 3.8) is 0 Å². The van der Waals surface area contributed by atoms with E-state index in [4.69, 9.17) is 0 Å². The number of aryl methyl sites for hydroxylation is 1. The van der Waals surface area contributed by atoms with Crippen molar-refractivity contribution in [1.29, 1.82) is 0 Å². The first-order chi connectivity index (χ1) is 10.3. The van der Waals surface area contributed by atoms with Crippen LogP contribution in [-0.4, -0.2) is 43.6 Å². The molecule has 0 saturated carbocycles. The fraction of sp³-hybridized carbons (Fsp3) is 0.571.